The van der Waals surface area contributed by atoms with E-state index in [0.717, 1.165) is 6.54 Å². The number of benzene rings is 3. The number of rotatable bonds is 4. The number of hydrogen-bond acceptors (Lipinski definition) is 2. The lowest BCUT2D eigenvalue weighted by molar-refractivity contribution is 0.928. The van der Waals surface area contributed by atoms with Crippen LogP contribution in [0.1, 0.15) is 5.56 Å². The van der Waals surface area contributed by atoms with Gasteiger partial charge in [-0.3, -0.25) is 0 Å². The molecule has 3 aromatic carbocycles. The third kappa shape index (κ3) is 2.77. The second-order valence-electron chi connectivity index (χ2n) is 5.89. The van der Waals surface area contributed by atoms with Crippen LogP contribution < -0.4 is 9.80 Å². The van der Waals surface area contributed by atoms with Crippen molar-refractivity contribution in [2.45, 2.75) is 6.54 Å². The molecule has 2 heteroatoms. The predicted molar refractivity (Wildman–Crippen MR) is 96.8 cm³/mol. The van der Waals surface area contributed by atoms with Crippen LogP contribution in [0.3, 0.4) is 0 Å². The SMILES string of the molecule is CN(C)c1cccc2c(N(C)Cc3ccccc3)cccc12. The molecule has 0 aliphatic carbocycles. The fraction of sp³-hybridized carbons (Fsp3) is 0.200. The van der Waals surface area contributed by atoms with Gasteiger partial charge in [0.1, 0.15) is 0 Å². The standard InChI is InChI=1S/C20H22N2/c1-21(2)19-13-7-12-18-17(19)11-8-14-20(18)22(3)15-16-9-5-4-6-10-16/h4-14H,15H2,1-3H3. The van der Waals surface area contributed by atoms with E-state index in [0.29, 0.717) is 0 Å². The third-order valence-electron chi connectivity index (χ3n) is 4.03. The molecule has 112 valence electrons. The van der Waals surface area contributed by atoms with E-state index in [-0.39, 0.29) is 0 Å². The number of anilines is 2. The maximum Gasteiger partial charge on any atom is 0.0447 e. The molecule has 0 aliphatic rings. The lowest BCUT2D eigenvalue weighted by atomic mass is 10.1. The van der Waals surface area contributed by atoms with Crippen LogP contribution in [0.2, 0.25) is 0 Å². The number of hydrogen-bond donors (Lipinski definition) is 0. The first-order valence-electron chi connectivity index (χ1n) is 7.61. The quantitative estimate of drug-likeness (QED) is 0.696. The van der Waals surface area contributed by atoms with Crippen molar-refractivity contribution in [3.8, 4) is 0 Å². The van der Waals surface area contributed by atoms with E-state index in [1.165, 1.54) is 27.7 Å². The molecule has 0 amide bonds. The van der Waals surface area contributed by atoms with E-state index in [1.807, 2.05) is 0 Å². The molecule has 0 N–H and O–H groups in total. The van der Waals surface area contributed by atoms with Gasteiger partial charge in [0.15, 0.2) is 0 Å². The average molecular weight is 290 g/mol. The Kier molecular flexibility index (Phi) is 4.01. The Hall–Kier alpha value is -2.48. The summed E-state index contributed by atoms with van der Waals surface area (Å²) < 4.78 is 0. The molecule has 0 radical (unpaired) electrons. The average Bonchev–Trinajstić information content (AvgIpc) is 2.54. The van der Waals surface area contributed by atoms with Gasteiger partial charge < -0.3 is 9.80 Å². The van der Waals surface area contributed by atoms with Gasteiger partial charge >= 0.3 is 0 Å². The molecule has 0 aliphatic heterocycles. The van der Waals surface area contributed by atoms with Gasteiger partial charge in [0.05, 0.1) is 0 Å². The van der Waals surface area contributed by atoms with Crippen LogP contribution >= 0.6 is 0 Å². The summed E-state index contributed by atoms with van der Waals surface area (Å²) in [5.74, 6) is 0. The second kappa shape index (κ2) is 6.10. The molecule has 0 saturated heterocycles. The van der Waals surface area contributed by atoms with Crippen molar-refractivity contribution in [1.82, 2.24) is 0 Å². The molecule has 0 bridgehead atoms. The zero-order chi connectivity index (χ0) is 15.5. The van der Waals surface area contributed by atoms with Crippen molar-refractivity contribution in [2.24, 2.45) is 0 Å². The molecule has 0 aromatic heterocycles. The Bertz CT molecular complexity index is 763. The van der Waals surface area contributed by atoms with Gasteiger partial charge in [-0.1, -0.05) is 54.6 Å². The highest BCUT2D eigenvalue weighted by molar-refractivity contribution is 6.01. The topological polar surface area (TPSA) is 6.48 Å². The minimum absolute atomic E-state index is 0.909. The maximum atomic E-state index is 2.32. The van der Waals surface area contributed by atoms with Crippen LogP contribution in [0, 0.1) is 0 Å². The fourth-order valence-corrected chi connectivity index (χ4v) is 2.94. The molecule has 0 atom stereocenters. The van der Waals surface area contributed by atoms with E-state index in [4.69, 9.17) is 0 Å². The van der Waals surface area contributed by atoms with Gasteiger partial charge in [-0.25, -0.2) is 0 Å². The molecule has 0 heterocycles. The number of fused-ring (bicyclic) bond motifs is 1. The first-order valence-corrected chi connectivity index (χ1v) is 7.61. The molecule has 3 rings (SSSR count). The van der Waals surface area contributed by atoms with E-state index in [2.05, 4.69) is 97.7 Å². The monoisotopic (exact) mass is 290 g/mol. The van der Waals surface area contributed by atoms with Crippen molar-refractivity contribution in [1.29, 1.82) is 0 Å². The van der Waals surface area contributed by atoms with E-state index in [1.54, 1.807) is 0 Å². The van der Waals surface area contributed by atoms with Crippen LogP contribution in [-0.2, 0) is 6.54 Å². The number of nitrogens with zero attached hydrogens (tertiary/aromatic N) is 2. The molecule has 0 saturated carbocycles. The Labute approximate surface area is 132 Å². The summed E-state index contributed by atoms with van der Waals surface area (Å²) in [4.78, 5) is 4.49. The summed E-state index contributed by atoms with van der Waals surface area (Å²) in [6, 6.07) is 23.7. The summed E-state index contributed by atoms with van der Waals surface area (Å²) in [5.41, 5.74) is 3.85. The van der Waals surface area contributed by atoms with Crippen LogP contribution in [0.25, 0.3) is 10.8 Å². The zero-order valence-corrected chi connectivity index (χ0v) is 13.5. The summed E-state index contributed by atoms with van der Waals surface area (Å²) in [7, 11) is 6.34. The Balaban J connectivity index is 2.02. The van der Waals surface area contributed by atoms with Crippen molar-refractivity contribution >= 4 is 22.1 Å². The first kappa shape index (κ1) is 14.5. The molecular weight excluding hydrogens is 268 g/mol. The molecule has 2 nitrogen and oxygen atoms in total. The normalized spacial score (nSPS) is 10.7. The molecule has 0 unspecified atom stereocenters. The minimum atomic E-state index is 0.909. The van der Waals surface area contributed by atoms with Crippen LogP contribution in [0.4, 0.5) is 11.4 Å². The summed E-state index contributed by atoms with van der Waals surface area (Å²) in [6.45, 7) is 0.909. The van der Waals surface area contributed by atoms with Crippen LogP contribution in [0.15, 0.2) is 66.7 Å². The molecule has 22 heavy (non-hydrogen) atoms. The van der Waals surface area contributed by atoms with Crippen molar-refractivity contribution in [3.05, 3.63) is 72.3 Å². The fourth-order valence-electron chi connectivity index (χ4n) is 2.94. The molecular formula is C20H22N2. The summed E-state index contributed by atoms with van der Waals surface area (Å²) in [6.07, 6.45) is 0. The molecule has 3 aromatic rings. The smallest absolute Gasteiger partial charge is 0.0447 e. The lowest BCUT2D eigenvalue weighted by Gasteiger charge is -2.23. The Morgan fingerprint density at radius 2 is 1.23 bits per heavy atom. The summed E-state index contributed by atoms with van der Waals surface area (Å²) >= 11 is 0. The minimum Gasteiger partial charge on any atom is -0.377 e. The first-order chi connectivity index (χ1) is 10.7. The van der Waals surface area contributed by atoms with E-state index in [9.17, 15) is 0 Å². The van der Waals surface area contributed by atoms with Crippen molar-refractivity contribution in [2.75, 3.05) is 30.9 Å². The van der Waals surface area contributed by atoms with E-state index < -0.39 is 0 Å². The van der Waals surface area contributed by atoms with Crippen LogP contribution in [0.5, 0.6) is 0 Å². The van der Waals surface area contributed by atoms with E-state index >= 15 is 0 Å². The van der Waals surface area contributed by atoms with Gasteiger partial charge in [-0.2, -0.15) is 0 Å². The van der Waals surface area contributed by atoms with Gasteiger partial charge in [-0.05, 0) is 17.7 Å². The maximum absolute atomic E-state index is 2.32. The zero-order valence-electron chi connectivity index (χ0n) is 13.5. The lowest BCUT2D eigenvalue weighted by Crippen LogP contribution is -2.17. The largest absolute Gasteiger partial charge is 0.377 e. The van der Waals surface area contributed by atoms with Crippen LogP contribution in [-0.4, -0.2) is 21.1 Å². The van der Waals surface area contributed by atoms with Gasteiger partial charge in [-0.15, -0.1) is 0 Å². The van der Waals surface area contributed by atoms with Gasteiger partial charge in [0, 0.05) is 49.8 Å². The highest BCUT2D eigenvalue weighted by Gasteiger charge is 2.09. The summed E-state index contributed by atoms with van der Waals surface area (Å²) in [5, 5.41) is 2.59. The predicted octanol–water partition coefficient (Wildman–Crippen LogP) is 4.54. The van der Waals surface area contributed by atoms with Gasteiger partial charge in [0.2, 0.25) is 0 Å². The third-order valence-corrected chi connectivity index (χ3v) is 4.03. The van der Waals surface area contributed by atoms with Gasteiger partial charge in [0.25, 0.3) is 0 Å². The highest BCUT2D eigenvalue weighted by Crippen LogP contribution is 2.32. The highest BCUT2D eigenvalue weighted by atomic mass is 15.1. The molecule has 0 spiro atoms. The van der Waals surface area contributed by atoms with Crippen molar-refractivity contribution in [3.63, 3.8) is 0 Å². The van der Waals surface area contributed by atoms with Crippen molar-refractivity contribution < 1.29 is 0 Å². The Morgan fingerprint density at radius 1 is 0.636 bits per heavy atom. The second-order valence-corrected chi connectivity index (χ2v) is 5.89. The molecule has 0 fully saturated rings. The Morgan fingerprint density at radius 3 is 1.86 bits per heavy atom.